The second-order valence-corrected chi connectivity index (χ2v) is 6.16. The molecule has 2 aliphatic heterocycles. The monoisotopic (exact) mass is 287 g/mol. The van der Waals surface area contributed by atoms with Gasteiger partial charge in [0, 0.05) is 30.4 Å². The van der Waals surface area contributed by atoms with Gasteiger partial charge < -0.3 is 10.6 Å². The Bertz CT molecular complexity index is 509. The van der Waals surface area contributed by atoms with Crippen LogP contribution in [0.15, 0.2) is 18.2 Å². The number of rotatable bonds is 4. The second-order valence-electron chi connectivity index (χ2n) is 6.16. The number of nitrogens with one attached hydrogen (secondary N) is 2. The third-order valence-electron chi connectivity index (χ3n) is 4.66. The van der Waals surface area contributed by atoms with Crippen molar-refractivity contribution in [2.75, 3.05) is 31.5 Å². The van der Waals surface area contributed by atoms with Gasteiger partial charge in [-0.2, -0.15) is 0 Å². The van der Waals surface area contributed by atoms with Crippen LogP contribution in [0.5, 0.6) is 0 Å². The van der Waals surface area contributed by atoms with Crippen molar-refractivity contribution in [2.24, 2.45) is 0 Å². The summed E-state index contributed by atoms with van der Waals surface area (Å²) in [5.74, 6) is 0.0709. The lowest BCUT2D eigenvalue weighted by Crippen LogP contribution is -2.41. The maximum absolute atomic E-state index is 12.5. The van der Waals surface area contributed by atoms with Crippen molar-refractivity contribution in [1.82, 2.24) is 10.2 Å². The zero-order chi connectivity index (χ0) is 14.7. The Labute approximate surface area is 126 Å². The van der Waals surface area contributed by atoms with Crippen molar-refractivity contribution in [2.45, 2.75) is 38.6 Å². The van der Waals surface area contributed by atoms with Gasteiger partial charge >= 0.3 is 0 Å². The molecule has 1 fully saturated rings. The first-order chi connectivity index (χ1) is 10.3. The molecule has 0 bridgehead atoms. The maximum Gasteiger partial charge on any atom is 0.251 e. The molecule has 1 atom stereocenters. The number of benzene rings is 1. The van der Waals surface area contributed by atoms with Gasteiger partial charge in [0.25, 0.3) is 5.91 Å². The number of amides is 1. The third-order valence-corrected chi connectivity index (χ3v) is 4.66. The minimum absolute atomic E-state index is 0.0709. The molecule has 2 heterocycles. The van der Waals surface area contributed by atoms with Crippen LogP contribution in [0.3, 0.4) is 0 Å². The van der Waals surface area contributed by atoms with E-state index in [9.17, 15) is 4.79 Å². The van der Waals surface area contributed by atoms with Crippen molar-refractivity contribution in [3.8, 4) is 0 Å². The lowest BCUT2D eigenvalue weighted by molar-refractivity contribution is 0.0939. The molecular formula is C17H25N3O. The number of carbonyl (C=O) groups is 1. The van der Waals surface area contributed by atoms with Gasteiger partial charge in [-0.05, 0) is 63.4 Å². The summed E-state index contributed by atoms with van der Waals surface area (Å²) >= 11 is 0. The molecule has 2 aliphatic rings. The predicted octanol–water partition coefficient (Wildman–Crippen LogP) is 2.26. The molecule has 114 valence electrons. The summed E-state index contributed by atoms with van der Waals surface area (Å²) in [6.07, 6.45) is 4.67. The molecule has 0 radical (unpaired) electrons. The lowest BCUT2D eigenvalue weighted by atomic mass is 9.97. The molecule has 0 aromatic heterocycles. The quantitative estimate of drug-likeness (QED) is 0.893. The number of nitrogens with zero attached hydrogens (tertiary/aromatic N) is 1. The number of hydrogen-bond donors (Lipinski definition) is 2. The highest BCUT2D eigenvalue weighted by Crippen LogP contribution is 2.25. The van der Waals surface area contributed by atoms with Gasteiger partial charge in [0.2, 0.25) is 0 Å². The van der Waals surface area contributed by atoms with Crippen LogP contribution in [0, 0.1) is 0 Å². The van der Waals surface area contributed by atoms with E-state index in [4.69, 9.17) is 0 Å². The van der Waals surface area contributed by atoms with E-state index in [-0.39, 0.29) is 5.91 Å². The summed E-state index contributed by atoms with van der Waals surface area (Å²) in [6, 6.07) is 6.41. The van der Waals surface area contributed by atoms with E-state index >= 15 is 0 Å². The molecule has 0 aliphatic carbocycles. The Morgan fingerprint density at radius 1 is 1.33 bits per heavy atom. The normalized spacial score (nSPS) is 19.7. The van der Waals surface area contributed by atoms with Gasteiger partial charge in [-0.15, -0.1) is 0 Å². The molecule has 2 N–H and O–H groups in total. The van der Waals surface area contributed by atoms with Gasteiger partial charge in [-0.3, -0.25) is 9.69 Å². The van der Waals surface area contributed by atoms with Crippen LogP contribution in [0.2, 0.25) is 0 Å². The SMILES string of the molecule is CC(CNC(=O)c1cccc2c1CCCN2)N1CCCC1. The fraction of sp³-hybridized carbons (Fsp3) is 0.588. The van der Waals surface area contributed by atoms with Crippen LogP contribution in [-0.2, 0) is 6.42 Å². The molecule has 4 heteroatoms. The van der Waals surface area contributed by atoms with Crippen LogP contribution >= 0.6 is 0 Å². The zero-order valence-corrected chi connectivity index (χ0v) is 12.8. The summed E-state index contributed by atoms with van der Waals surface area (Å²) in [6.45, 7) is 6.27. The van der Waals surface area contributed by atoms with Crippen LogP contribution in [0.25, 0.3) is 0 Å². The fourth-order valence-electron chi connectivity index (χ4n) is 3.37. The third kappa shape index (κ3) is 3.21. The minimum Gasteiger partial charge on any atom is -0.385 e. The Balaban J connectivity index is 1.63. The first kappa shape index (κ1) is 14.4. The van der Waals surface area contributed by atoms with Crippen molar-refractivity contribution < 1.29 is 4.79 Å². The van der Waals surface area contributed by atoms with E-state index in [1.165, 1.54) is 31.5 Å². The Morgan fingerprint density at radius 2 is 2.14 bits per heavy atom. The van der Waals surface area contributed by atoms with Crippen LogP contribution in [-0.4, -0.2) is 43.0 Å². The molecule has 21 heavy (non-hydrogen) atoms. The van der Waals surface area contributed by atoms with Crippen molar-refractivity contribution in [3.63, 3.8) is 0 Å². The van der Waals surface area contributed by atoms with E-state index in [1.807, 2.05) is 12.1 Å². The zero-order valence-electron chi connectivity index (χ0n) is 12.8. The number of likely N-dealkylation sites (tertiary alicyclic amines) is 1. The fourth-order valence-corrected chi connectivity index (χ4v) is 3.37. The minimum atomic E-state index is 0.0709. The second kappa shape index (κ2) is 6.48. The molecule has 1 saturated heterocycles. The Hall–Kier alpha value is -1.55. The topological polar surface area (TPSA) is 44.4 Å². The largest absolute Gasteiger partial charge is 0.385 e. The van der Waals surface area contributed by atoms with Crippen LogP contribution < -0.4 is 10.6 Å². The number of fused-ring (bicyclic) bond motifs is 1. The van der Waals surface area contributed by atoms with E-state index < -0.39 is 0 Å². The van der Waals surface area contributed by atoms with Gasteiger partial charge in [-0.25, -0.2) is 0 Å². The average molecular weight is 287 g/mol. The van der Waals surface area contributed by atoms with Gasteiger partial charge in [0.15, 0.2) is 0 Å². The first-order valence-electron chi connectivity index (χ1n) is 8.14. The molecule has 3 rings (SSSR count). The molecule has 0 saturated carbocycles. The molecule has 1 unspecified atom stereocenters. The van der Waals surface area contributed by atoms with Crippen molar-refractivity contribution in [3.05, 3.63) is 29.3 Å². The molecular weight excluding hydrogens is 262 g/mol. The Morgan fingerprint density at radius 3 is 2.95 bits per heavy atom. The highest BCUT2D eigenvalue weighted by atomic mass is 16.1. The van der Waals surface area contributed by atoms with Crippen LogP contribution in [0.4, 0.5) is 5.69 Å². The van der Waals surface area contributed by atoms with Gasteiger partial charge in [0.05, 0.1) is 0 Å². The van der Waals surface area contributed by atoms with Crippen LogP contribution in [0.1, 0.15) is 42.1 Å². The molecule has 1 amide bonds. The molecule has 0 spiro atoms. The van der Waals surface area contributed by atoms with E-state index in [1.54, 1.807) is 0 Å². The summed E-state index contributed by atoms with van der Waals surface area (Å²) in [5.41, 5.74) is 3.14. The summed E-state index contributed by atoms with van der Waals surface area (Å²) in [7, 11) is 0. The predicted molar refractivity (Wildman–Crippen MR) is 85.9 cm³/mol. The maximum atomic E-state index is 12.5. The molecule has 1 aromatic carbocycles. The number of anilines is 1. The molecule has 4 nitrogen and oxygen atoms in total. The lowest BCUT2D eigenvalue weighted by Gasteiger charge is -2.25. The summed E-state index contributed by atoms with van der Waals surface area (Å²) < 4.78 is 0. The summed E-state index contributed by atoms with van der Waals surface area (Å²) in [5, 5.41) is 6.50. The van der Waals surface area contributed by atoms with E-state index in [0.29, 0.717) is 6.04 Å². The average Bonchev–Trinajstić information content (AvgIpc) is 3.06. The van der Waals surface area contributed by atoms with E-state index in [2.05, 4.69) is 28.5 Å². The van der Waals surface area contributed by atoms with Crippen molar-refractivity contribution in [1.29, 1.82) is 0 Å². The standard InChI is InChI=1S/C17H25N3O/c1-13(20-10-2-3-11-20)12-19-17(21)15-6-4-8-16-14(15)7-5-9-18-16/h4,6,8,13,18H,2-3,5,7,9-12H2,1H3,(H,19,21). The van der Waals surface area contributed by atoms with E-state index in [0.717, 1.165) is 37.2 Å². The molecule has 1 aromatic rings. The highest BCUT2D eigenvalue weighted by molar-refractivity contribution is 5.97. The number of carbonyl (C=O) groups excluding carboxylic acids is 1. The van der Waals surface area contributed by atoms with Crippen molar-refractivity contribution >= 4 is 11.6 Å². The van der Waals surface area contributed by atoms with Gasteiger partial charge in [-0.1, -0.05) is 6.07 Å². The highest BCUT2D eigenvalue weighted by Gasteiger charge is 2.20. The Kier molecular flexibility index (Phi) is 4.44. The van der Waals surface area contributed by atoms with Gasteiger partial charge in [0.1, 0.15) is 0 Å². The smallest absolute Gasteiger partial charge is 0.251 e. The first-order valence-corrected chi connectivity index (χ1v) is 8.14. The number of hydrogen-bond acceptors (Lipinski definition) is 3. The summed E-state index contributed by atoms with van der Waals surface area (Å²) in [4.78, 5) is 14.9.